The Hall–Kier alpha value is -2.75. The smallest absolute Gasteiger partial charge is 0.128 e. The van der Waals surface area contributed by atoms with Gasteiger partial charge < -0.3 is 10.5 Å². The lowest BCUT2D eigenvalue weighted by Crippen LogP contribution is -1.98. The number of ether oxygens (including phenoxy) is 1. The van der Waals surface area contributed by atoms with Crippen molar-refractivity contribution in [1.29, 1.82) is 0 Å². The van der Waals surface area contributed by atoms with Crippen LogP contribution in [-0.4, -0.2) is 16.8 Å². The van der Waals surface area contributed by atoms with Crippen LogP contribution in [0.25, 0.3) is 22.5 Å². The second kappa shape index (κ2) is 7.68. The number of nitrogens with one attached hydrogen (secondary N) is 1. The number of nitrogen functional groups attached to an aromatic ring is 1. The van der Waals surface area contributed by atoms with Crippen molar-refractivity contribution >= 4 is 5.69 Å². The van der Waals surface area contributed by atoms with Gasteiger partial charge >= 0.3 is 0 Å². The van der Waals surface area contributed by atoms with E-state index in [9.17, 15) is 0 Å². The molecular weight excluding hydrogens is 298 g/mol. The first kappa shape index (κ1) is 16.1. The highest BCUT2D eigenvalue weighted by Gasteiger charge is 2.10. The Morgan fingerprint density at radius 2 is 1.92 bits per heavy atom. The summed E-state index contributed by atoms with van der Waals surface area (Å²) < 4.78 is 5.96. The summed E-state index contributed by atoms with van der Waals surface area (Å²) in [5.74, 6) is 0.886. The molecule has 0 atom stereocenters. The highest BCUT2D eigenvalue weighted by molar-refractivity contribution is 5.73. The minimum Gasteiger partial charge on any atom is -0.493 e. The van der Waals surface area contributed by atoms with Gasteiger partial charge in [-0.05, 0) is 36.8 Å². The SMILES string of the molecule is CCCCCOc1ccccc1-c1cc(-c2cccc(N)c2)n[nH]1. The molecular formula is C20H23N3O. The van der Waals surface area contributed by atoms with Crippen molar-refractivity contribution in [3.8, 4) is 28.3 Å². The molecule has 3 aromatic rings. The maximum Gasteiger partial charge on any atom is 0.128 e. The number of nitrogens with two attached hydrogens (primary N) is 1. The number of H-pyrrole nitrogens is 1. The van der Waals surface area contributed by atoms with Crippen LogP contribution in [0.2, 0.25) is 0 Å². The van der Waals surface area contributed by atoms with E-state index in [1.165, 1.54) is 12.8 Å². The van der Waals surface area contributed by atoms with Crippen molar-refractivity contribution in [2.75, 3.05) is 12.3 Å². The van der Waals surface area contributed by atoms with Crippen molar-refractivity contribution in [2.45, 2.75) is 26.2 Å². The fourth-order valence-electron chi connectivity index (χ4n) is 2.65. The molecule has 0 spiro atoms. The highest BCUT2D eigenvalue weighted by Crippen LogP contribution is 2.31. The van der Waals surface area contributed by atoms with Gasteiger partial charge in [0, 0.05) is 16.8 Å². The van der Waals surface area contributed by atoms with E-state index < -0.39 is 0 Å². The van der Waals surface area contributed by atoms with Crippen LogP contribution in [0, 0.1) is 0 Å². The molecule has 3 rings (SSSR count). The summed E-state index contributed by atoms with van der Waals surface area (Å²) in [5.41, 5.74) is 10.4. The fraction of sp³-hybridized carbons (Fsp3) is 0.250. The Kier molecular flexibility index (Phi) is 5.16. The predicted molar refractivity (Wildman–Crippen MR) is 98.9 cm³/mol. The second-order valence-corrected chi connectivity index (χ2v) is 5.84. The molecule has 0 unspecified atom stereocenters. The summed E-state index contributed by atoms with van der Waals surface area (Å²) in [6, 6.07) is 17.8. The van der Waals surface area contributed by atoms with E-state index >= 15 is 0 Å². The second-order valence-electron chi connectivity index (χ2n) is 5.84. The van der Waals surface area contributed by atoms with Crippen molar-refractivity contribution in [3.05, 3.63) is 54.6 Å². The van der Waals surface area contributed by atoms with Crippen molar-refractivity contribution in [1.82, 2.24) is 10.2 Å². The molecule has 4 nitrogen and oxygen atoms in total. The van der Waals surface area contributed by atoms with Crippen molar-refractivity contribution in [2.24, 2.45) is 0 Å². The quantitative estimate of drug-likeness (QED) is 0.481. The van der Waals surface area contributed by atoms with E-state index in [1.807, 2.05) is 54.6 Å². The Balaban J connectivity index is 1.82. The normalized spacial score (nSPS) is 10.7. The molecule has 1 aromatic heterocycles. The Morgan fingerprint density at radius 1 is 1.04 bits per heavy atom. The largest absolute Gasteiger partial charge is 0.493 e. The fourth-order valence-corrected chi connectivity index (χ4v) is 2.65. The summed E-state index contributed by atoms with van der Waals surface area (Å²) in [7, 11) is 0. The average Bonchev–Trinajstić information content (AvgIpc) is 3.09. The summed E-state index contributed by atoms with van der Waals surface area (Å²) in [4.78, 5) is 0. The molecule has 0 saturated heterocycles. The topological polar surface area (TPSA) is 63.9 Å². The lowest BCUT2D eigenvalue weighted by molar-refractivity contribution is 0.307. The molecule has 3 N–H and O–H groups in total. The zero-order valence-corrected chi connectivity index (χ0v) is 14.0. The number of hydrogen-bond donors (Lipinski definition) is 2. The van der Waals surface area contributed by atoms with E-state index in [-0.39, 0.29) is 0 Å². The molecule has 0 aliphatic rings. The average molecular weight is 321 g/mol. The molecule has 24 heavy (non-hydrogen) atoms. The number of nitrogens with zero attached hydrogens (tertiary/aromatic N) is 1. The van der Waals surface area contributed by atoms with E-state index in [0.29, 0.717) is 0 Å². The van der Waals surface area contributed by atoms with Crippen molar-refractivity contribution < 1.29 is 4.74 Å². The van der Waals surface area contributed by atoms with Crippen LogP contribution in [0.1, 0.15) is 26.2 Å². The minimum atomic E-state index is 0.733. The van der Waals surface area contributed by atoms with Crippen LogP contribution in [-0.2, 0) is 0 Å². The van der Waals surface area contributed by atoms with Gasteiger partial charge in [0.15, 0.2) is 0 Å². The maximum absolute atomic E-state index is 5.96. The van der Waals surface area contributed by atoms with Crippen LogP contribution in [0.3, 0.4) is 0 Å². The highest BCUT2D eigenvalue weighted by atomic mass is 16.5. The van der Waals surface area contributed by atoms with Gasteiger partial charge in [-0.25, -0.2) is 0 Å². The lowest BCUT2D eigenvalue weighted by atomic mass is 10.1. The molecule has 0 radical (unpaired) electrons. The molecule has 0 aliphatic carbocycles. The van der Waals surface area contributed by atoms with Crippen LogP contribution in [0.4, 0.5) is 5.69 Å². The number of benzene rings is 2. The van der Waals surface area contributed by atoms with E-state index in [0.717, 1.165) is 47.0 Å². The number of rotatable bonds is 7. The predicted octanol–water partition coefficient (Wildman–Crippen LogP) is 4.89. The first-order valence-corrected chi connectivity index (χ1v) is 8.41. The number of hydrogen-bond acceptors (Lipinski definition) is 3. The molecule has 1 heterocycles. The monoisotopic (exact) mass is 321 g/mol. The Labute approximate surface area is 142 Å². The molecule has 4 heteroatoms. The summed E-state index contributed by atoms with van der Waals surface area (Å²) in [6.07, 6.45) is 3.45. The first-order valence-electron chi connectivity index (χ1n) is 8.41. The summed E-state index contributed by atoms with van der Waals surface area (Å²) >= 11 is 0. The first-order chi connectivity index (χ1) is 11.8. The van der Waals surface area contributed by atoms with Crippen LogP contribution >= 0.6 is 0 Å². The minimum absolute atomic E-state index is 0.733. The van der Waals surface area contributed by atoms with E-state index in [4.69, 9.17) is 10.5 Å². The zero-order chi connectivity index (χ0) is 16.8. The van der Waals surface area contributed by atoms with Gasteiger partial charge in [-0.3, -0.25) is 5.10 Å². The van der Waals surface area contributed by atoms with Crippen molar-refractivity contribution in [3.63, 3.8) is 0 Å². The van der Waals surface area contributed by atoms with Gasteiger partial charge in [-0.1, -0.05) is 44.0 Å². The summed E-state index contributed by atoms with van der Waals surface area (Å²) in [5, 5.41) is 7.53. The third-order valence-corrected chi connectivity index (χ3v) is 3.94. The lowest BCUT2D eigenvalue weighted by Gasteiger charge is -2.09. The number of aromatic amines is 1. The molecule has 0 amide bonds. The molecule has 0 bridgehead atoms. The van der Waals surface area contributed by atoms with Gasteiger partial charge in [0.2, 0.25) is 0 Å². The van der Waals surface area contributed by atoms with Gasteiger partial charge in [-0.15, -0.1) is 0 Å². The molecule has 0 aliphatic heterocycles. The number of aromatic nitrogens is 2. The van der Waals surface area contributed by atoms with E-state index in [2.05, 4.69) is 17.1 Å². The van der Waals surface area contributed by atoms with Crippen LogP contribution in [0.15, 0.2) is 54.6 Å². The Morgan fingerprint density at radius 3 is 2.75 bits per heavy atom. The van der Waals surface area contributed by atoms with Crippen LogP contribution in [0.5, 0.6) is 5.75 Å². The standard InChI is InChI=1S/C20H23N3O/c1-2-3-6-12-24-20-11-5-4-10-17(20)19-14-18(22-23-19)15-8-7-9-16(21)13-15/h4-5,7-11,13-14H,2-3,6,12,21H2,1H3,(H,22,23). The molecule has 124 valence electrons. The third-order valence-electron chi connectivity index (χ3n) is 3.94. The van der Waals surface area contributed by atoms with Gasteiger partial charge in [0.25, 0.3) is 0 Å². The Bertz CT molecular complexity index is 795. The summed E-state index contributed by atoms with van der Waals surface area (Å²) in [6.45, 7) is 2.93. The molecule has 0 fully saturated rings. The maximum atomic E-state index is 5.96. The van der Waals surface area contributed by atoms with Gasteiger partial charge in [0.1, 0.15) is 5.75 Å². The van der Waals surface area contributed by atoms with Gasteiger partial charge in [-0.2, -0.15) is 5.10 Å². The zero-order valence-electron chi connectivity index (χ0n) is 14.0. The number of unbranched alkanes of at least 4 members (excludes halogenated alkanes) is 2. The molecule has 2 aromatic carbocycles. The molecule has 0 saturated carbocycles. The van der Waals surface area contributed by atoms with Gasteiger partial charge in [0.05, 0.1) is 18.0 Å². The number of anilines is 1. The van der Waals surface area contributed by atoms with E-state index in [1.54, 1.807) is 0 Å². The van der Waals surface area contributed by atoms with Crippen LogP contribution < -0.4 is 10.5 Å². The third kappa shape index (κ3) is 3.77. The number of para-hydroxylation sites is 1.